The minimum absolute atomic E-state index is 0.0834. The Kier molecular flexibility index (Phi) is 6.10. The van der Waals surface area contributed by atoms with Crippen molar-refractivity contribution in [2.75, 3.05) is 25.0 Å². The van der Waals surface area contributed by atoms with Gasteiger partial charge >= 0.3 is 6.18 Å². The topological polar surface area (TPSA) is 67.6 Å². The van der Waals surface area contributed by atoms with Gasteiger partial charge < -0.3 is 10.1 Å². The van der Waals surface area contributed by atoms with Gasteiger partial charge in [0.05, 0.1) is 18.8 Å². The highest BCUT2D eigenvalue weighted by atomic mass is 19.4. The molecule has 0 bridgehead atoms. The maximum Gasteiger partial charge on any atom is 0.453 e. The van der Waals surface area contributed by atoms with Gasteiger partial charge in [0.1, 0.15) is 5.82 Å². The van der Waals surface area contributed by atoms with Crippen LogP contribution in [-0.4, -0.2) is 56.3 Å². The Morgan fingerprint density at radius 3 is 2.71 bits per heavy atom. The number of anilines is 1. The molecule has 166 valence electrons. The van der Waals surface area contributed by atoms with Crippen LogP contribution >= 0.6 is 0 Å². The fourth-order valence-corrected chi connectivity index (χ4v) is 3.82. The van der Waals surface area contributed by atoms with Crippen molar-refractivity contribution in [2.24, 2.45) is 0 Å². The summed E-state index contributed by atoms with van der Waals surface area (Å²) in [4.78, 5) is 9.96. The number of hydrogen-bond acceptors (Lipinski definition) is 6. The van der Waals surface area contributed by atoms with Crippen LogP contribution in [0.4, 0.5) is 19.0 Å². The number of nitrogens with zero attached hydrogens (tertiary/aromatic N) is 5. The van der Waals surface area contributed by atoms with Crippen molar-refractivity contribution in [2.45, 2.75) is 45.1 Å². The lowest BCUT2D eigenvalue weighted by Gasteiger charge is -2.37. The first-order valence-corrected chi connectivity index (χ1v) is 10.3. The van der Waals surface area contributed by atoms with Crippen LogP contribution in [0.2, 0.25) is 0 Å². The van der Waals surface area contributed by atoms with Crippen molar-refractivity contribution >= 4 is 11.6 Å². The molecule has 0 saturated carbocycles. The van der Waals surface area contributed by atoms with Crippen molar-refractivity contribution < 1.29 is 17.9 Å². The Balaban J connectivity index is 1.53. The van der Waals surface area contributed by atoms with E-state index in [1.165, 1.54) is 5.56 Å². The first kappa shape index (κ1) is 21.5. The monoisotopic (exact) mass is 434 g/mol. The van der Waals surface area contributed by atoms with Gasteiger partial charge in [-0.1, -0.05) is 37.3 Å². The third kappa shape index (κ3) is 4.96. The van der Waals surface area contributed by atoms with Crippen molar-refractivity contribution in [1.29, 1.82) is 0 Å². The standard InChI is InChI=1S/C21H25F3N6O/c1-3-16(17-13-29(9-10-31-17)12-15-7-5-4-6-8-15)26-18-11-14(2)25-20-27-19(21(22,23)24)28-30(18)20/h4-8,11,16-17,26H,3,9-10,12-13H2,1-2H3. The SMILES string of the molecule is CCC(Nc1cc(C)nc2nc(C(F)(F)F)nn12)C1CN(Cc2ccccc2)CCO1. The van der Waals surface area contributed by atoms with Crippen molar-refractivity contribution in [3.8, 4) is 0 Å². The lowest BCUT2D eigenvalue weighted by Crippen LogP contribution is -2.49. The molecule has 0 aliphatic carbocycles. The van der Waals surface area contributed by atoms with E-state index in [9.17, 15) is 13.2 Å². The zero-order valence-electron chi connectivity index (χ0n) is 17.4. The molecule has 2 unspecified atom stereocenters. The maximum absolute atomic E-state index is 13.1. The van der Waals surface area contributed by atoms with Gasteiger partial charge in [-0.2, -0.15) is 22.7 Å². The van der Waals surface area contributed by atoms with Crippen LogP contribution in [-0.2, 0) is 17.5 Å². The smallest absolute Gasteiger partial charge is 0.373 e. The first-order chi connectivity index (χ1) is 14.8. The number of aryl methyl sites for hydroxylation is 1. The minimum Gasteiger partial charge on any atom is -0.373 e. The summed E-state index contributed by atoms with van der Waals surface area (Å²) in [7, 11) is 0. The van der Waals surface area contributed by atoms with Gasteiger partial charge in [-0.15, -0.1) is 5.10 Å². The van der Waals surface area contributed by atoms with Crippen molar-refractivity contribution in [1.82, 2.24) is 24.5 Å². The number of benzene rings is 1. The molecule has 1 aliphatic rings. The van der Waals surface area contributed by atoms with Gasteiger partial charge in [0.25, 0.3) is 11.6 Å². The predicted molar refractivity (Wildman–Crippen MR) is 110 cm³/mol. The molecule has 1 N–H and O–H groups in total. The Labute approximate surface area is 178 Å². The summed E-state index contributed by atoms with van der Waals surface area (Å²) >= 11 is 0. The molecule has 2 atom stereocenters. The maximum atomic E-state index is 13.1. The van der Waals surface area contributed by atoms with Gasteiger partial charge in [-0.3, -0.25) is 4.90 Å². The second-order valence-electron chi connectivity index (χ2n) is 7.72. The van der Waals surface area contributed by atoms with E-state index in [0.29, 0.717) is 18.1 Å². The molecule has 1 fully saturated rings. The number of hydrogen-bond donors (Lipinski definition) is 1. The van der Waals surface area contributed by atoms with Crippen LogP contribution < -0.4 is 5.32 Å². The van der Waals surface area contributed by atoms with Crippen molar-refractivity contribution in [3.05, 3.63) is 53.5 Å². The molecule has 3 heterocycles. The van der Waals surface area contributed by atoms with Gasteiger partial charge in [0, 0.05) is 31.4 Å². The number of halogens is 3. The van der Waals surface area contributed by atoms with E-state index in [0.717, 1.165) is 30.6 Å². The van der Waals surface area contributed by atoms with E-state index in [-0.39, 0.29) is 17.9 Å². The van der Waals surface area contributed by atoms with Gasteiger partial charge in [-0.05, 0) is 18.9 Å². The number of aromatic nitrogens is 4. The first-order valence-electron chi connectivity index (χ1n) is 10.3. The molecule has 1 aromatic carbocycles. The lowest BCUT2D eigenvalue weighted by molar-refractivity contribution is -0.144. The summed E-state index contributed by atoms with van der Waals surface area (Å²) in [5.74, 6) is -0.870. The summed E-state index contributed by atoms with van der Waals surface area (Å²) in [5.41, 5.74) is 1.79. The third-order valence-corrected chi connectivity index (χ3v) is 5.34. The molecule has 0 radical (unpaired) electrons. The second kappa shape index (κ2) is 8.80. The molecular formula is C21H25F3N6O. The molecule has 10 heteroatoms. The van der Waals surface area contributed by atoms with Crippen LogP contribution in [0.25, 0.3) is 5.78 Å². The summed E-state index contributed by atoms with van der Waals surface area (Å²) < 4.78 is 46.4. The number of alkyl halides is 3. The van der Waals surface area contributed by atoms with Crippen LogP contribution in [0.1, 0.15) is 30.4 Å². The highest BCUT2D eigenvalue weighted by Crippen LogP contribution is 2.27. The summed E-state index contributed by atoms with van der Waals surface area (Å²) in [6.45, 7) is 6.71. The third-order valence-electron chi connectivity index (χ3n) is 5.34. The number of nitrogens with one attached hydrogen (secondary N) is 1. The highest BCUT2D eigenvalue weighted by Gasteiger charge is 2.37. The molecule has 31 heavy (non-hydrogen) atoms. The molecule has 1 saturated heterocycles. The summed E-state index contributed by atoms with van der Waals surface area (Å²) in [5, 5.41) is 6.97. The van der Waals surface area contributed by atoms with E-state index < -0.39 is 12.0 Å². The van der Waals surface area contributed by atoms with E-state index in [1.807, 2.05) is 25.1 Å². The number of fused-ring (bicyclic) bond motifs is 1. The normalized spacial score (nSPS) is 18.9. The Bertz CT molecular complexity index is 1020. The van der Waals surface area contributed by atoms with E-state index in [1.54, 1.807) is 13.0 Å². The average Bonchev–Trinajstić information content (AvgIpc) is 3.17. The molecule has 7 nitrogen and oxygen atoms in total. The van der Waals surface area contributed by atoms with Crippen molar-refractivity contribution in [3.63, 3.8) is 0 Å². The molecule has 3 aromatic rings. The number of morpholine rings is 1. The quantitative estimate of drug-likeness (QED) is 0.640. The van der Waals surface area contributed by atoms with E-state index >= 15 is 0 Å². The van der Waals surface area contributed by atoms with Gasteiger partial charge in [-0.25, -0.2) is 4.98 Å². The van der Waals surface area contributed by atoms with Gasteiger partial charge in [0.2, 0.25) is 0 Å². The summed E-state index contributed by atoms with van der Waals surface area (Å²) in [6, 6.07) is 11.8. The van der Waals surface area contributed by atoms with E-state index in [4.69, 9.17) is 4.74 Å². The zero-order chi connectivity index (χ0) is 22.0. The molecule has 2 aromatic heterocycles. The van der Waals surface area contributed by atoms with Crippen LogP contribution in [0.5, 0.6) is 0 Å². The van der Waals surface area contributed by atoms with Crippen LogP contribution in [0.3, 0.4) is 0 Å². The molecule has 0 spiro atoms. The Morgan fingerprint density at radius 2 is 2.00 bits per heavy atom. The number of ether oxygens (including phenoxy) is 1. The molecule has 4 rings (SSSR count). The van der Waals surface area contributed by atoms with Crippen LogP contribution in [0, 0.1) is 6.92 Å². The van der Waals surface area contributed by atoms with Crippen LogP contribution in [0.15, 0.2) is 36.4 Å². The summed E-state index contributed by atoms with van der Waals surface area (Å²) in [6.07, 6.45) is -4.02. The lowest BCUT2D eigenvalue weighted by atomic mass is 10.1. The van der Waals surface area contributed by atoms with E-state index in [2.05, 4.69) is 37.4 Å². The fraction of sp³-hybridized carbons (Fsp3) is 0.476. The zero-order valence-corrected chi connectivity index (χ0v) is 17.4. The van der Waals surface area contributed by atoms with Gasteiger partial charge in [0.15, 0.2) is 0 Å². The highest BCUT2D eigenvalue weighted by molar-refractivity contribution is 5.46. The molecular weight excluding hydrogens is 409 g/mol. The average molecular weight is 434 g/mol. The predicted octanol–water partition coefficient (Wildman–Crippen LogP) is 3.54. The molecule has 0 amide bonds. The largest absolute Gasteiger partial charge is 0.453 e. The second-order valence-corrected chi connectivity index (χ2v) is 7.72. The minimum atomic E-state index is -4.63. The fourth-order valence-electron chi connectivity index (χ4n) is 3.82. The molecule has 1 aliphatic heterocycles. The number of rotatable bonds is 6. The Hall–Kier alpha value is -2.72. The Morgan fingerprint density at radius 1 is 1.23 bits per heavy atom.